The van der Waals surface area contributed by atoms with E-state index in [2.05, 4.69) is 26.2 Å². The first kappa shape index (κ1) is 18.0. The fourth-order valence-corrected chi connectivity index (χ4v) is 3.31. The summed E-state index contributed by atoms with van der Waals surface area (Å²) >= 11 is 3.39. The number of rotatable bonds is 2. The second-order valence-electron chi connectivity index (χ2n) is 6.01. The topological polar surface area (TPSA) is 52.9 Å². The Hall–Kier alpha value is -1.81. The molecule has 6 nitrogen and oxygen atoms in total. The summed E-state index contributed by atoms with van der Waals surface area (Å²) in [6.45, 7) is 1.39. The van der Waals surface area contributed by atoms with Crippen molar-refractivity contribution in [1.82, 2.24) is 19.2 Å². The number of piperazine rings is 1. The molecule has 0 bridgehead atoms. The average molecular weight is 420 g/mol. The first-order chi connectivity index (χ1) is 11.7. The number of hydrogen-bond donors (Lipinski definition) is 1. The van der Waals surface area contributed by atoms with E-state index in [1.165, 1.54) is 9.80 Å². The van der Waals surface area contributed by atoms with Crippen molar-refractivity contribution in [3.8, 4) is 0 Å². The Bertz CT molecular complexity index is 778. The molecule has 10 heteroatoms. The fraction of sp³-hybridized carbons (Fsp3) is 0.467. The standard InChI is InChI=1S/C15H17BrF3N5O/c1-10-7-22(5-6-23(10)9-15(17,18)19)14(25)21-12-8-24-11(16)3-2-4-13(24)20-12/h2-4,8,10H,5-7,9H2,1H3,(H,21,25)/t10-/m0/s1. The average Bonchev–Trinajstić information content (AvgIpc) is 2.92. The van der Waals surface area contributed by atoms with Gasteiger partial charge in [-0.3, -0.25) is 14.6 Å². The molecule has 1 saturated heterocycles. The number of alkyl halides is 3. The van der Waals surface area contributed by atoms with Crippen LogP contribution in [0.1, 0.15) is 6.92 Å². The Labute approximate surface area is 150 Å². The van der Waals surface area contributed by atoms with Crippen LogP contribution in [-0.2, 0) is 0 Å². The molecule has 0 unspecified atom stereocenters. The first-order valence-corrected chi connectivity index (χ1v) is 8.52. The van der Waals surface area contributed by atoms with Gasteiger partial charge in [-0.2, -0.15) is 13.2 Å². The van der Waals surface area contributed by atoms with E-state index in [1.807, 2.05) is 12.1 Å². The SMILES string of the molecule is C[C@H]1CN(C(=O)Nc2cn3c(Br)cccc3n2)CCN1CC(F)(F)F. The second kappa shape index (κ2) is 6.83. The Morgan fingerprint density at radius 3 is 2.80 bits per heavy atom. The zero-order chi connectivity index (χ0) is 18.2. The van der Waals surface area contributed by atoms with Crippen LogP contribution in [0.5, 0.6) is 0 Å². The summed E-state index contributed by atoms with van der Waals surface area (Å²) in [6, 6.07) is 4.76. The molecule has 0 aliphatic carbocycles. The van der Waals surface area contributed by atoms with Crippen LogP contribution in [0.3, 0.4) is 0 Å². The summed E-state index contributed by atoms with van der Waals surface area (Å²) in [5.74, 6) is 0.391. The highest BCUT2D eigenvalue weighted by Gasteiger charge is 2.36. The highest BCUT2D eigenvalue weighted by Crippen LogP contribution is 2.21. The van der Waals surface area contributed by atoms with Gasteiger partial charge in [-0.15, -0.1) is 0 Å². The zero-order valence-electron chi connectivity index (χ0n) is 13.4. The molecule has 1 atom stereocenters. The van der Waals surface area contributed by atoms with Gasteiger partial charge >= 0.3 is 12.2 Å². The largest absolute Gasteiger partial charge is 0.401 e. The Morgan fingerprint density at radius 2 is 2.16 bits per heavy atom. The predicted molar refractivity (Wildman–Crippen MR) is 90.6 cm³/mol. The van der Waals surface area contributed by atoms with Crippen LogP contribution in [0.15, 0.2) is 29.0 Å². The number of fused-ring (bicyclic) bond motifs is 1. The number of carbonyl (C=O) groups is 1. The minimum atomic E-state index is -4.23. The molecule has 0 aromatic carbocycles. The van der Waals surface area contributed by atoms with Crippen LogP contribution in [-0.4, -0.2) is 63.6 Å². The van der Waals surface area contributed by atoms with Gasteiger partial charge in [0.15, 0.2) is 5.82 Å². The molecule has 25 heavy (non-hydrogen) atoms. The van der Waals surface area contributed by atoms with Crippen LogP contribution in [0.25, 0.3) is 5.65 Å². The van der Waals surface area contributed by atoms with Gasteiger partial charge in [-0.1, -0.05) is 6.07 Å². The number of hydrogen-bond acceptors (Lipinski definition) is 3. The van der Waals surface area contributed by atoms with E-state index in [0.717, 1.165) is 4.60 Å². The van der Waals surface area contributed by atoms with E-state index < -0.39 is 12.7 Å². The highest BCUT2D eigenvalue weighted by molar-refractivity contribution is 9.10. The minimum absolute atomic E-state index is 0.185. The molecule has 0 saturated carbocycles. The zero-order valence-corrected chi connectivity index (χ0v) is 15.0. The van der Waals surface area contributed by atoms with E-state index in [4.69, 9.17) is 0 Å². The van der Waals surface area contributed by atoms with Crippen LogP contribution in [0.2, 0.25) is 0 Å². The monoisotopic (exact) mass is 419 g/mol. The van der Waals surface area contributed by atoms with Crippen molar-refractivity contribution in [2.24, 2.45) is 0 Å². The number of nitrogens with one attached hydrogen (secondary N) is 1. The fourth-order valence-electron chi connectivity index (χ4n) is 2.87. The third-order valence-electron chi connectivity index (χ3n) is 4.11. The molecule has 2 amide bonds. The molecule has 0 radical (unpaired) electrons. The summed E-state index contributed by atoms with van der Waals surface area (Å²) in [4.78, 5) is 19.5. The van der Waals surface area contributed by atoms with E-state index in [0.29, 0.717) is 11.5 Å². The number of pyridine rings is 1. The molecule has 1 aliphatic heterocycles. The number of anilines is 1. The summed E-state index contributed by atoms with van der Waals surface area (Å²) in [7, 11) is 0. The van der Waals surface area contributed by atoms with Crippen LogP contribution in [0.4, 0.5) is 23.8 Å². The van der Waals surface area contributed by atoms with Gasteiger partial charge in [0.25, 0.3) is 0 Å². The molecular weight excluding hydrogens is 403 g/mol. The van der Waals surface area contributed by atoms with E-state index in [-0.39, 0.29) is 31.7 Å². The maximum absolute atomic E-state index is 12.5. The summed E-state index contributed by atoms with van der Waals surface area (Å²) in [5, 5.41) is 2.71. The number of amides is 2. The third kappa shape index (κ3) is 4.24. The van der Waals surface area contributed by atoms with Crippen molar-refractivity contribution >= 4 is 33.4 Å². The molecule has 3 rings (SSSR count). The van der Waals surface area contributed by atoms with E-state index in [1.54, 1.807) is 23.6 Å². The molecule has 1 N–H and O–H groups in total. The summed E-state index contributed by atoms with van der Waals surface area (Å²) in [5.41, 5.74) is 0.674. The second-order valence-corrected chi connectivity index (χ2v) is 6.83. The molecule has 1 fully saturated rings. The Morgan fingerprint density at radius 1 is 1.40 bits per heavy atom. The van der Waals surface area contributed by atoms with Crippen molar-refractivity contribution in [3.05, 3.63) is 29.0 Å². The molecule has 2 aromatic rings. The summed E-state index contributed by atoms with van der Waals surface area (Å²) in [6.07, 6.45) is -2.55. The number of urea groups is 1. The quantitative estimate of drug-likeness (QED) is 0.760. The number of carbonyl (C=O) groups excluding carboxylic acids is 1. The Balaban J connectivity index is 1.63. The molecular formula is C15H17BrF3N5O. The lowest BCUT2D eigenvalue weighted by atomic mass is 10.2. The van der Waals surface area contributed by atoms with Crippen LogP contribution >= 0.6 is 15.9 Å². The van der Waals surface area contributed by atoms with Gasteiger partial charge in [-0.05, 0) is 35.0 Å². The van der Waals surface area contributed by atoms with Crippen LogP contribution in [0, 0.1) is 0 Å². The summed E-state index contributed by atoms with van der Waals surface area (Å²) < 4.78 is 40.2. The van der Waals surface area contributed by atoms with Gasteiger partial charge < -0.3 is 4.90 Å². The molecule has 136 valence electrons. The number of imidazole rings is 1. The maximum Gasteiger partial charge on any atom is 0.401 e. The first-order valence-electron chi connectivity index (χ1n) is 7.73. The predicted octanol–water partition coefficient (Wildman–Crippen LogP) is 3.20. The van der Waals surface area contributed by atoms with E-state index >= 15 is 0 Å². The van der Waals surface area contributed by atoms with Gasteiger partial charge in [0.1, 0.15) is 5.65 Å². The smallest absolute Gasteiger partial charge is 0.322 e. The van der Waals surface area contributed by atoms with Gasteiger partial charge in [-0.25, -0.2) is 9.78 Å². The van der Waals surface area contributed by atoms with E-state index in [9.17, 15) is 18.0 Å². The lowest BCUT2D eigenvalue weighted by Crippen LogP contribution is -2.56. The number of nitrogens with zero attached hydrogens (tertiary/aromatic N) is 4. The van der Waals surface area contributed by atoms with Crippen molar-refractivity contribution in [2.45, 2.75) is 19.1 Å². The number of halogens is 4. The van der Waals surface area contributed by atoms with Gasteiger partial charge in [0, 0.05) is 25.7 Å². The highest BCUT2D eigenvalue weighted by atomic mass is 79.9. The van der Waals surface area contributed by atoms with Gasteiger partial charge in [0.2, 0.25) is 0 Å². The van der Waals surface area contributed by atoms with Crippen molar-refractivity contribution in [3.63, 3.8) is 0 Å². The third-order valence-corrected chi connectivity index (χ3v) is 4.76. The lowest BCUT2D eigenvalue weighted by molar-refractivity contribution is -0.153. The van der Waals surface area contributed by atoms with Crippen molar-refractivity contribution < 1.29 is 18.0 Å². The maximum atomic E-state index is 12.5. The molecule has 1 aliphatic rings. The molecule has 0 spiro atoms. The van der Waals surface area contributed by atoms with Crippen LogP contribution < -0.4 is 5.32 Å². The number of aromatic nitrogens is 2. The lowest BCUT2D eigenvalue weighted by Gasteiger charge is -2.39. The minimum Gasteiger partial charge on any atom is -0.322 e. The van der Waals surface area contributed by atoms with Crippen molar-refractivity contribution in [2.75, 3.05) is 31.5 Å². The normalized spacial score (nSPS) is 19.4. The van der Waals surface area contributed by atoms with Crippen molar-refractivity contribution in [1.29, 1.82) is 0 Å². The van der Waals surface area contributed by atoms with Gasteiger partial charge in [0.05, 0.1) is 17.3 Å². The molecule has 3 heterocycles. The molecule has 2 aromatic heterocycles. The Kier molecular flexibility index (Phi) is 4.92.